The molecule has 25 heavy (non-hydrogen) atoms. The van der Waals surface area contributed by atoms with E-state index in [9.17, 15) is 4.79 Å². The summed E-state index contributed by atoms with van der Waals surface area (Å²) < 4.78 is 0. The number of rotatable bonds is 5. The number of hydrogen-bond acceptors (Lipinski definition) is 4. The van der Waals surface area contributed by atoms with E-state index in [1.54, 1.807) is 17.5 Å². The molecule has 0 bridgehead atoms. The number of nitrogens with zero attached hydrogens (tertiary/aromatic N) is 2. The highest BCUT2D eigenvalue weighted by Gasteiger charge is 2.17. The van der Waals surface area contributed by atoms with E-state index in [1.807, 2.05) is 32.0 Å². The van der Waals surface area contributed by atoms with Gasteiger partial charge in [0.2, 0.25) is 5.91 Å². The van der Waals surface area contributed by atoms with E-state index in [-0.39, 0.29) is 11.9 Å². The minimum Gasteiger partial charge on any atom is -0.348 e. The fourth-order valence-electron chi connectivity index (χ4n) is 2.67. The monoisotopic (exact) mass is 351 g/mol. The average Bonchev–Trinajstić information content (AvgIpc) is 2.96. The van der Waals surface area contributed by atoms with Crippen molar-refractivity contribution in [2.24, 2.45) is 0 Å². The average molecular weight is 351 g/mol. The van der Waals surface area contributed by atoms with Crippen molar-refractivity contribution in [2.45, 2.75) is 33.2 Å². The molecule has 1 N–H and O–H groups in total. The number of pyridine rings is 1. The maximum atomic E-state index is 12.5. The van der Waals surface area contributed by atoms with Crippen molar-refractivity contribution >= 4 is 17.2 Å². The molecule has 0 radical (unpaired) electrons. The van der Waals surface area contributed by atoms with E-state index < -0.39 is 0 Å². The van der Waals surface area contributed by atoms with Crippen LogP contribution in [0.15, 0.2) is 48.7 Å². The number of benzene rings is 1. The first-order chi connectivity index (χ1) is 12.0. The topological polar surface area (TPSA) is 54.9 Å². The zero-order valence-corrected chi connectivity index (χ0v) is 15.4. The summed E-state index contributed by atoms with van der Waals surface area (Å²) in [6.45, 7) is 5.97. The fourth-order valence-corrected chi connectivity index (χ4v) is 3.63. The normalized spacial score (nSPS) is 12.0. The molecular formula is C20H21N3OS. The molecule has 2 aromatic heterocycles. The van der Waals surface area contributed by atoms with Gasteiger partial charge in [0.05, 0.1) is 28.9 Å². The van der Waals surface area contributed by atoms with Crippen molar-refractivity contribution in [2.75, 3.05) is 0 Å². The summed E-state index contributed by atoms with van der Waals surface area (Å²) in [5.41, 5.74) is 4.02. The van der Waals surface area contributed by atoms with E-state index in [1.165, 1.54) is 5.56 Å². The SMILES string of the molecule is Cc1ccc(-c2nc(C)sc2CC(=O)NC(C)c2ccccn2)cc1. The van der Waals surface area contributed by atoms with E-state index in [0.29, 0.717) is 6.42 Å². The van der Waals surface area contributed by atoms with Crippen molar-refractivity contribution in [3.63, 3.8) is 0 Å². The number of nitrogens with one attached hydrogen (secondary N) is 1. The molecule has 2 heterocycles. The van der Waals surface area contributed by atoms with Crippen molar-refractivity contribution in [1.29, 1.82) is 0 Å². The molecule has 0 aliphatic rings. The number of amides is 1. The van der Waals surface area contributed by atoms with E-state index >= 15 is 0 Å². The number of hydrogen-bond donors (Lipinski definition) is 1. The molecule has 128 valence electrons. The fraction of sp³-hybridized carbons (Fsp3) is 0.250. The highest BCUT2D eigenvalue weighted by atomic mass is 32.1. The number of thiazole rings is 1. The first kappa shape index (κ1) is 17.3. The van der Waals surface area contributed by atoms with Crippen LogP contribution in [0.5, 0.6) is 0 Å². The van der Waals surface area contributed by atoms with E-state index in [2.05, 4.69) is 46.5 Å². The Bertz CT molecular complexity index is 856. The first-order valence-electron chi connectivity index (χ1n) is 8.26. The molecule has 0 aliphatic heterocycles. The number of aromatic nitrogens is 2. The summed E-state index contributed by atoms with van der Waals surface area (Å²) in [6, 6.07) is 13.8. The molecule has 3 aromatic rings. The van der Waals surface area contributed by atoms with Gasteiger partial charge in [0, 0.05) is 16.6 Å². The smallest absolute Gasteiger partial charge is 0.225 e. The molecule has 1 amide bonds. The highest BCUT2D eigenvalue weighted by Crippen LogP contribution is 2.29. The predicted molar refractivity (Wildman–Crippen MR) is 102 cm³/mol. The quantitative estimate of drug-likeness (QED) is 0.748. The maximum absolute atomic E-state index is 12.5. The summed E-state index contributed by atoms with van der Waals surface area (Å²) in [5.74, 6) is -0.0184. The second-order valence-electron chi connectivity index (χ2n) is 6.09. The number of carbonyl (C=O) groups excluding carboxylic acids is 1. The molecule has 4 nitrogen and oxygen atoms in total. The van der Waals surface area contributed by atoms with Gasteiger partial charge in [-0.15, -0.1) is 11.3 Å². The third-order valence-corrected chi connectivity index (χ3v) is 4.93. The Morgan fingerprint density at radius 2 is 1.92 bits per heavy atom. The Labute approximate surface area is 152 Å². The summed E-state index contributed by atoms with van der Waals surface area (Å²) in [4.78, 5) is 22.4. The lowest BCUT2D eigenvalue weighted by Gasteiger charge is -2.13. The van der Waals surface area contributed by atoms with Gasteiger partial charge in [0.1, 0.15) is 0 Å². The Kier molecular flexibility index (Phi) is 5.24. The standard InChI is InChI=1S/C20H21N3OS/c1-13-7-9-16(10-8-13)20-18(25-15(3)23-20)12-19(24)22-14(2)17-6-4-5-11-21-17/h4-11,14H,12H2,1-3H3,(H,22,24). The van der Waals surface area contributed by atoms with Gasteiger partial charge in [-0.05, 0) is 32.9 Å². The van der Waals surface area contributed by atoms with E-state index in [0.717, 1.165) is 26.8 Å². The highest BCUT2D eigenvalue weighted by molar-refractivity contribution is 7.12. The predicted octanol–water partition coefficient (Wildman–Crippen LogP) is 4.24. The minimum absolute atomic E-state index is 0.0184. The molecule has 0 fully saturated rings. The molecule has 1 atom stereocenters. The van der Waals surface area contributed by atoms with Gasteiger partial charge in [-0.25, -0.2) is 4.98 Å². The van der Waals surface area contributed by atoms with Gasteiger partial charge in [-0.3, -0.25) is 9.78 Å². The Balaban J connectivity index is 1.74. The Morgan fingerprint density at radius 1 is 1.16 bits per heavy atom. The molecule has 0 aliphatic carbocycles. The molecule has 3 rings (SSSR count). The van der Waals surface area contributed by atoms with Crippen LogP contribution in [-0.2, 0) is 11.2 Å². The molecule has 1 aromatic carbocycles. The summed E-state index contributed by atoms with van der Waals surface area (Å²) in [7, 11) is 0. The molecule has 0 spiro atoms. The molecule has 1 unspecified atom stereocenters. The summed E-state index contributed by atoms with van der Waals surface area (Å²) in [6.07, 6.45) is 2.06. The minimum atomic E-state index is -0.120. The number of aryl methyl sites for hydroxylation is 2. The Morgan fingerprint density at radius 3 is 2.60 bits per heavy atom. The van der Waals surface area contributed by atoms with Crippen LogP contribution < -0.4 is 5.32 Å². The second-order valence-corrected chi connectivity index (χ2v) is 7.38. The molecule has 5 heteroatoms. The molecular weight excluding hydrogens is 330 g/mol. The molecule has 0 saturated heterocycles. The largest absolute Gasteiger partial charge is 0.348 e. The third-order valence-electron chi connectivity index (χ3n) is 3.96. The lowest BCUT2D eigenvalue weighted by atomic mass is 10.1. The first-order valence-corrected chi connectivity index (χ1v) is 9.08. The summed E-state index contributed by atoms with van der Waals surface area (Å²) in [5, 5.41) is 3.99. The van der Waals surface area contributed by atoms with Crippen LogP contribution in [0.3, 0.4) is 0 Å². The van der Waals surface area contributed by atoms with Gasteiger partial charge >= 0.3 is 0 Å². The van der Waals surface area contributed by atoms with Crippen LogP contribution in [0.25, 0.3) is 11.3 Å². The van der Waals surface area contributed by atoms with Gasteiger partial charge in [-0.2, -0.15) is 0 Å². The zero-order chi connectivity index (χ0) is 17.8. The second kappa shape index (κ2) is 7.57. The van der Waals surface area contributed by atoms with Crippen LogP contribution in [0.4, 0.5) is 0 Å². The lowest BCUT2D eigenvalue weighted by Crippen LogP contribution is -2.28. The van der Waals surface area contributed by atoms with Gasteiger partial charge in [-0.1, -0.05) is 35.9 Å². The van der Waals surface area contributed by atoms with Gasteiger partial charge in [0.25, 0.3) is 0 Å². The zero-order valence-electron chi connectivity index (χ0n) is 14.6. The number of carbonyl (C=O) groups is 1. The van der Waals surface area contributed by atoms with Crippen molar-refractivity contribution in [3.8, 4) is 11.3 Å². The van der Waals surface area contributed by atoms with Crippen LogP contribution in [0.1, 0.15) is 34.1 Å². The van der Waals surface area contributed by atoms with Crippen molar-refractivity contribution in [1.82, 2.24) is 15.3 Å². The van der Waals surface area contributed by atoms with E-state index in [4.69, 9.17) is 0 Å². The van der Waals surface area contributed by atoms with Gasteiger partial charge < -0.3 is 5.32 Å². The molecule has 0 saturated carbocycles. The van der Waals surface area contributed by atoms with Crippen LogP contribution in [0.2, 0.25) is 0 Å². The van der Waals surface area contributed by atoms with Crippen LogP contribution >= 0.6 is 11.3 Å². The summed E-state index contributed by atoms with van der Waals surface area (Å²) >= 11 is 1.58. The van der Waals surface area contributed by atoms with Gasteiger partial charge in [0.15, 0.2) is 0 Å². The Hall–Kier alpha value is -2.53. The third kappa shape index (κ3) is 4.31. The van der Waals surface area contributed by atoms with Crippen molar-refractivity contribution in [3.05, 3.63) is 69.8 Å². The van der Waals surface area contributed by atoms with Crippen molar-refractivity contribution < 1.29 is 4.79 Å². The van der Waals surface area contributed by atoms with Crippen LogP contribution in [0, 0.1) is 13.8 Å². The lowest BCUT2D eigenvalue weighted by molar-refractivity contribution is -0.121. The van der Waals surface area contributed by atoms with Crippen LogP contribution in [-0.4, -0.2) is 15.9 Å². The maximum Gasteiger partial charge on any atom is 0.225 e.